The van der Waals surface area contributed by atoms with Crippen molar-refractivity contribution in [2.24, 2.45) is 0 Å². The molecule has 3 heterocycles. The minimum Gasteiger partial charge on any atom is -0.481 e. The molecule has 2 fully saturated rings. The number of methoxy groups -OCH3 is 1. The first-order valence-corrected chi connectivity index (χ1v) is 8.38. The molecule has 2 aliphatic rings. The summed E-state index contributed by atoms with van der Waals surface area (Å²) in [5, 5.41) is 3.36. The number of likely N-dealkylation sites (tertiary alicyclic amines) is 2. The Balaban J connectivity index is 1.43. The van der Waals surface area contributed by atoms with E-state index in [9.17, 15) is 4.79 Å². The first kappa shape index (κ1) is 16.0. The lowest BCUT2D eigenvalue weighted by Gasteiger charge is -2.32. The third-order valence-electron chi connectivity index (χ3n) is 4.58. The van der Waals surface area contributed by atoms with Crippen molar-refractivity contribution in [2.45, 2.75) is 31.7 Å². The summed E-state index contributed by atoms with van der Waals surface area (Å²) in [5.41, 5.74) is 0. The van der Waals surface area contributed by atoms with Crippen LogP contribution in [0.15, 0.2) is 12.3 Å². The number of nitrogens with zero attached hydrogens (tertiary/aromatic N) is 4. The van der Waals surface area contributed by atoms with Crippen molar-refractivity contribution in [3.8, 4) is 5.88 Å². The second kappa shape index (κ2) is 7.59. The lowest BCUT2D eigenvalue weighted by Crippen LogP contribution is -2.45. The van der Waals surface area contributed by atoms with E-state index in [0.717, 1.165) is 51.9 Å². The molecular weight excluding hydrogens is 294 g/mol. The summed E-state index contributed by atoms with van der Waals surface area (Å²) in [6, 6.07) is 2.08. The number of ether oxygens (including phenoxy) is 1. The molecule has 23 heavy (non-hydrogen) atoms. The minimum absolute atomic E-state index is 0.282. The average molecular weight is 319 g/mol. The van der Waals surface area contributed by atoms with Gasteiger partial charge < -0.3 is 15.0 Å². The van der Waals surface area contributed by atoms with E-state index in [1.54, 1.807) is 19.4 Å². The Morgan fingerprint density at radius 2 is 2.04 bits per heavy atom. The standard InChI is InChI=1S/C16H25N5O2/c1-23-14-4-7-17-16(19-14)18-13-5-10-20(11-6-13)12-15(22)21-8-2-3-9-21/h4,7,13H,2-3,5-6,8-12H2,1H3,(H,17,18,19). The largest absolute Gasteiger partial charge is 0.481 e. The first-order valence-electron chi connectivity index (χ1n) is 8.38. The molecule has 1 aromatic heterocycles. The number of aromatic nitrogens is 2. The van der Waals surface area contributed by atoms with Crippen LogP contribution in [-0.4, -0.2) is 71.6 Å². The van der Waals surface area contributed by atoms with Crippen molar-refractivity contribution in [1.82, 2.24) is 19.8 Å². The van der Waals surface area contributed by atoms with Gasteiger partial charge in [-0.1, -0.05) is 0 Å². The molecule has 2 saturated heterocycles. The van der Waals surface area contributed by atoms with Crippen LogP contribution in [0.5, 0.6) is 5.88 Å². The van der Waals surface area contributed by atoms with Gasteiger partial charge in [-0.2, -0.15) is 4.98 Å². The van der Waals surface area contributed by atoms with Gasteiger partial charge in [0, 0.05) is 44.5 Å². The number of hydrogen-bond donors (Lipinski definition) is 1. The van der Waals surface area contributed by atoms with Crippen LogP contribution in [0.4, 0.5) is 5.95 Å². The average Bonchev–Trinajstić information content (AvgIpc) is 3.11. The van der Waals surface area contributed by atoms with Crippen LogP contribution in [0, 0.1) is 0 Å². The van der Waals surface area contributed by atoms with Crippen LogP contribution >= 0.6 is 0 Å². The number of carbonyl (C=O) groups excluding carboxylic acids is 1. The van der Waals surface area contributed by atoms with Crippen LogP contribution in [-0.2, 0) is 4.79 Å². The van der Waals surface area contributed by atoms with E-state index < -0.39 is 0 Å². The van der Waals surface area contributed by atoms with Gasteiger partial charge in [0.05, 0.1) is 13.7 Å². The Kier molecular flexibility index (Phi) is 5.27. The fourth-order valence-corrected chi connectivity index (χ4v) is 3.20. The summed E-state index contributed by atoms with van der Waals surface area (Å²) in [6.45, 7) is 4.29. The zero-order chi connectivity index (χ0) is 16.1. The predicted octanol–water partition coefficient (Wildman–Crippen LogP) is 0.984. The van der Waals surface area contributed by atoms with Crippen LogP contribution in [0.25, 0.3) is 0 Å². The maximum Gasteiger partial charge on any atom is 0.236 e. The van der Waals surface area contributed by atoms with Gasteiger partial charge in [0.15, 0.2) is 0 Å². The fraction of sp³-hybridized carbons (Fsp3) is 0.688. The van der Waals surface area contributed by atoms with Gasteiger partial charge >= 0.3 is 0 Å². The Labute approximate surface area is 137 Å². The molecule has 0 spiro atoms. The highest BCUT2D eigenvalue weighted by atomic mass is 16.5. The highest BCUT2D eigenvalue weighted by Gasteiger charge is 2.24. The Bertz CT molecular complexity index is 525. The van der Waals surface area contributed by atoms with Crippen molar-refractivity contribution >= 4 is 11.9 Å². The van der Waals surface area contributed by atoms with Crippen LogP contribution in [0.3, 0.4) is 0 Å². The second-order valence-corrected chi connectivity index (χ2v) is 6.21. The minimum atomic E-state index is 0.282. The summed E-state index contributed by atoms with van der Waals surface area (Å²) in [6.07, 6.45) is 5.98. The van der Waals surface area contributed by atoms with Crippen molar-refractivity contribution in [3.05, 3.63) is 12.3 Å². The van der Waals surface area contributed by atoms with Gasteiger partial charge in [0.25, 0.3) is 0 Å². The van der Waals surface area contributed by atoms with Gasteiger partial charge in [-0.3, -0.25) is 9.69 Å². The lowest BCUT2D eigenvalue weighted by atomic mass is 10.1. The Morgan fingerprint density at radius 1 is 1.30 bits per heavy atom. The molecular formula is C16H25N5O2. The van der Waals surface area contributed by atoms with E-state index in [0.29, 0.717) is 24.4 Å². The topological polar surface area (TPSA) is 70.6 Å². The molecule has 126 valence electrons. The van der Waals surface area contributed by atoms with Gasteiger partial charge in [0.1, 0.15) is 0 Å². The van der Waals surface area contributed by atoms with Gasteiger partial charge in [0.2, 0.25) is 17.7 Å². The number of piperidine rings is 1. The number of carbonyl (C=O) groups is 1. The number of rotatable bonds is 5. The van der Waals surface area contributed by atoms with Crippen molar-refractivity contribution in [3.63, 3.8) is 0 Å². The molecule has 1 N–H and O–H groups in total. The quantitative estimate of drug-likeness (QED) is 0.872. The normalized spacial score (nSPS) is 19.8. The summed E-state index contributed by atoms with van der Waals surface area (Å²) in [5.74, 6) is 1.46. The molecule has 1 amide bonds. The third kappa shape index (κ3) is 4.31. The number of nitrogens with one attached hydrogen (secondary N) is 1. The first-order chi connectivity index (χ1) is 11.2. The van der Waals surface area contributed by atoms with Crippen molar-refractivity contribution in [2.75, 3.05) is 45.2 Å². The zero-order valence-electron chi connectivity index (χ0n) is 13.7. The summed E-state index contributed by atoms with van der Waals surface area (Å²) in [4.78, 5) is 25.0. The van der Waals surface area contributed by atoms with E-state index in [1.165, 1.54) is 0 Å². The van der Waals surface area contributed by atoms with E-state index in [1.807, 2.05) is 4.90 Å². The number of anilines is 1. The molecule has 2 aliphatic heterocycles. The van der Waals surface area contributed by atoms with Gasteiger partial charge in [-0.25, -0.2) is 4.98 Å². The number of amides is 1. The van der Waals surface area contributed by atoms with E-state index >= 15 is 0 Å². The van der Waals surface area contributed by atoms with E-state index in [2.05, 4.69) is 20.2 Å². The third-order valence-corrected chi connectivity index (χ3v) is 4.58. The molecule has 1 aromatic rings. The molecule has 0 atom stereocenters. The second-order valence-electron chi connectivity index (χ2n) is 6.21. The molecule has 7 nitrogen and oxygen atoms in total. The molecule has 3 rings (SSSR count). The molecule has 0 aliphatic carbocycles. The Hall–Kier alpha value is -1.89. The summed E-state index contributed by atoms with van der Waals surface area (Å²) in [7, 11) is 1.60. The van der Waals surface area contributed by atoms with E-state index in [-0.39, 0.29) is 5.91 Å². The highest BCUT2D eigenvalue weighted by molar-refractivity contribution is 5.78. The van der Waals surface area contributed by atoms with Crippen LogP contribution in [0.2, 0.25) is 0 Å². The molecule has 0 saturated carbocycles. The van der Waals surface area contributed by atoms with Crippen molar-refractivity contribution in [1.29, 1.82) is 0 Å². The molecule has 0 radical (unpaired) electrons. The van der Waals surface area contributed by atoms with Crippen LogP contribution < -0.4 is 10.1 Å². The summed E-state index contributed by atoms with van der Waals surface area (Å²) >= 11 is 0. The van der Waals surface area contributed by atoms with Crippen molar-refractivity contribution < 1.29 is 9.53 Å². The monoisotopic (exact) mass is 319 g/mol. The lowest BCUT2D eigenvalue weighted by molar-refractivity contribution is -0.131. The zero-order valence-corrected chi connectivity index (χ0v) is 13.7. The van der Waals surface area contributed by atoms with Gasteiger partial charge in [-0.15, -0.1) is 0 Å². The molecule has 0 aromatic carbocycles. The SMILES string of the molecule is COc1ccnc(NC2CCN(CC(=O)N3CCCC3)CC2)n1. The number of hydrogen-bond acceptors (Lipinski definition) is 6. The predicted molar refractivity (Wildman–Crippen MR) is 87.5 cm³/mol. The molecule has 7 heteroatoms. The summed E-state index contributed by atoms with van der Waals surface area (Å²) < 4.78 is 5.11. The molecule has 0 bridgehead atoms. The molecule has 0 unspecified atom stereocenters. The van der Waals surface area contributed by atoms with E-state index in [4.69, 9.17) is 4.74 Å². The van der Waals surface area contributed by atoms with Gasteiger partial charge in [-0.05, 0) is 25.7 Å². The fourth-order valence-electron chi connectivity index (χ4n) is 3.20. The maximum atomic E-state index is 12.2. The smallest absolute Gasteiger partial charge is 0.236 e. The maximum absolute atomic E-state index is 12.2. The van der Waals surface area contributed by atoms with Crippen LogP contribution in [0.1, 0.15) is 25.7 Å². The highest BCUT2D eigenvalue weighted by Crippen LogP contribution is 2.16. The Morgan fingerprint density at radius 3 is 2.74 bits per heavy atom.